The molecule has 1 aromatic carbocycles. The Bertz CT molecular complexity index is 1100. The third-order valence-corrected chi connectivity index (χ3v) is 7.44. The number of fused-ring (bicyclic) bond motifs is 4. The monoisotopic (exact) mass is 458 g/mol. The zero-order valence-electron chi connectivity index (χ0n) is 17.8. The molecular weight excluding hydrogens is 436 g/mol. The third-order valence-electron chi connectivity index (χ3n) is 7.44. The zero-order valence-corrected chi connectivity index (χ0v) is 17.8. The highest BCUT2D eigenvalue weighted by Gasteiger charge is 2.62. The van der Waals surface area contributed by atoms with Crippen molar-refractivity contribution in [1.82, 2.24) is 10.1 Å². The minimum absolute atomic E-state index is 0.0609. The maximum absolute atomic E-state index is 13.0. The van der Waals surface area contributed by atoms with Gasteiger partial charge in [0.2, 0.25) is 0 Å². The normalized spacial score (nSPS) is 33.0. The summed E-state index contributed by atoms with van der Waals surface area (Å²) in [6.45, 7) is 0. The van der Waals surface area contributed by atoms with Gasteiger partial charge in [-0.25, -0.2) is 0 Å². The SMILES string of the molecule is COc1cc(O)cc(OC)c1C1C2=CCC3C(=O)N(O)C(=O)C3C2CC2C(=O)N(O)C(=O)C21. The molecule has 4 amide bonds. The topological polar surface area (TPSA) is 154 Å². The molecule has 6 atom stereocenters. The van der Waals surface area contributed by atoms with Crippen molar-refractivity contribution in [2.75, 3.05) is 14.2 Å². The Kier molecular flexibility index (Phi) is 4.73. The van der Waals surface area contributed by atoms with E-state index in [0.717, 1.165) is 0 Å². The highest BCUT2D eigenvalue weighted by molar-refractivity contribution is 6.06. The van der Waals surface area contributed by atoms with Gasteiger partial charge in [-0.15, -0.1) is 0 Å². The molecule has 2 aliphatic carbocycles. The first-order valence-corrected chi connectivity index (χ1v) is 10.5. The van der Waals surface area contributed by atoms with Crippen LogP contribution in [0.1, 0.15) is 24.3 Å². The number of imide groups is 2. The second kappa shape index (κ2) is 7.29. The molecule has 0 bridgehead atoms. The van der Waals surface area contributed by atoms with Gasteiger partial charge >= 0.3 is 0 Å². The van der Waals surface area contributed by atoms with Crippen molar-refractivity contribution in [2.45, 2.75) is 18.8 Å². The molecule has 2 aliphatic heterocycles. The molecule has 1 saturated carbocycles. The maximum Gasteiger partial charge on any atom is 0.258 e. The lowest BCUT2D eigenvalue weighted by molar-refractivity contribution is -0.174. The first-order chi connectivity index (χ1) is 15.7. The first kappa shape index (κ1) is 21.4. The number of phenolic OH excluding ortho intramolecular Hbond substituents is 1. The quantitative estimate of drug-likeness (QED) is 0.339. The van der Waals surface area contributed by atoms with E-state index < -0.39 is 59.1 Å². The highest BCUT2D eigenvalue weighted by Crippen LogP contribution is 2.60. The van der Waals surface area contributed by atoms with Crippen molar-refractivity contribution >= 4 is 23.6 Å². The predicted molar refractivity (Wildman–Crippen MR) is 106 cm³/mol. The Morgan fingerprint density at radius 3 is 1.94 bits per heavy atom. The van der Waals surface area contributed by atoms with Gasteiger partial charge in [0, 0.05) is 23.6 Å². The molecule has 3 fully saturated rings. The van der Waals surface area contributed by atoms with Crippen molar-refractivity contribution in [3.63, 3.8) is 0 Å². The van der Waals surface area contributed by atoms with E-state index in [0.29, 0.717) is 11.1 Å². The molecular formula is C22H22N2O9. The molecule has 0 spiro atoms. The minimum Gasteiger partial charge on any atom is -0.508 e. The molecule has 11 heteroatoms. The standard InChI is InChI=1S/C22H22N2O9/c1-32-13-5-8(25)6-14(33-2)18(13)16-9-3-4-10-15(21(28)23(30)19(10)26)11(9)7-12-17(16)22(29)24(31)20(12)27/h3,5-6,10-12,15-17,25,30-31H,4,7H2,1-2H3. The van der Waals surface area contributed by atoms with Crippen LogP contribution < -0.4 is 9.47 Å². The summed E-state index contributed by atoms with van der Waals surface area (Å²) in [5, 5.41) is 30.5. The molecule has 6 unspecified atom stereocenters. The van der Waals surface area contributed by atoms with Crippen LogP contribution in [0.4, 0.5) is 0 Å². The number of benzene rings is 1. The van der Waals surface area contributed by atoms with Crippen LogP contribution in [0.15, 0.2) is 23.8 Å². The second-order valence-electron chi connectivity index (χ2n) is 8.76. The van der Waals surface area contributed by atoms with E-state index in [-0.39, 0.29) is 40.2 Å². The molecule has 2 heterocycles. The summed E-state index contributed by atoms with van der Waals surface area (Å²) < 4.78 is 10.9. The number of hydrogen-bond donors (Lipinski definition) is 3. The lowest BCUT2D eigenvalue weighted by atomic mass is 9.57. The van der Waals surface area contributed by atoms with Crippen molar-refractivity contribution in [3.8, 4) is 17.2 Å². The number of rotatable bonds is 3. The van der Waals surface area contributed by atoms with E-state index in [2.05, 4.69) is 0 Å². The number of carbonyl (C=O) groups excluding carboxylic acids is 4. The summed E-state index contributed by atoms with van der Waals surface area (Å²) in [5.74, 6) is -7.82. The van der Waals surface area contributed by atoms with Crippen molar-refractivity contribution in [3.05, 3.63) is 29.3 Å². The molecule has 174 valence electrons. The number of aromatic hydroxyl groups is 1. The number of ether oxygens (including phenoxy) is 2. The number of hydrogen-bond acceptors (Lipinski definition) is 9. The van der Waals surface area contributed by atoms with Crippen LogP contribution in [-0.2, 0) is 19.2 Å². The van der Waals surface area contributed by atoms with Gasteiger partial charge in [0.05, 0.1) is 37.9 Å². The second-order valence-corrected chi connectivity index (χ2v) is 8.76. The van der Waals surface area contributed by atoms with Gasteiger partial charge in [0.15, 0.2) is 0 Å². The number of amides is 4. The average Bonchev–Trinajstić information content (AvgIpc) is 3.17. The highest BCUT2D eigenvalue weighted by atomic mass is 16.5. The van der Waals surface area contributed by atoms with Gasteiger partial charge in [-0.05, 0) is 18.8 Å². The number of allylic oxidation sites excluding steroid dienone is 2. The zero-order chi connectivity index (χ0) is 23.8. The minimum atomic E-state index is -0.994. The van der Waals surface area contributed by atoms with E-state index in [1.807, 2.05) is 0 Å². The fourth-order valence-electron chi connectivity index (χ4n) is 6.11. The lowest BCUT2D eigenvalue weighted by Crippen LogP contribution is -2.43. The van der Waals surface area contributed by atoms with Gasteiger partial charge in [-0.3, -0.25) is 29.6 Å². The lowest BCUT2D eigenvalue weighted by Gasteiger charge is -2.44. The van der Waals surface area contributed by atoms with Crippen LogP contribution in [0.5, 0.6) is 17.2 Å². The molecule has 2 saturated heterocycles. The molecule has 0 radical (unpaired) electrons. The van der Waals surface area contributed by atoms with Crippen LogP contribution in [0.3, 0.4) is 0 Å². The van der Waals surface area contributed by atoms with Crippen molar-refractivity contribution in [2.24, 2.45) is 29.6 Å². The van der Waals surface area contributed by atoms with Crippen LogP contribution >= 0.6 is 0 Å². The van der Waals surface area contributed by atoms with Crippen molar-refractivity contribution < 1.29 is 44.2 Å². The fourth-order valence-corrected chi connectivity index (χ4v) is 6.11. The van der Waals surface area contributed by atoms with Crippen LogP contribution in [0, 0.1) is 29.6 Å². The Labute approximate surface area is 187 Å². The van der Waals surface area contributed by atoms with Crippen molar-refractivity contribution in [1.29, 1.82) is 0 Å². The molecule has 5 rings (SSSR count). The van der Waals surface area contributed by atoms with E-state index in [1.54, 1.807) is 6.08 Å². The van der Waals surface area contributed by atoms with Gasteiger partial charge in [0.1, 0.15) is 17.2 Å². The summed E-state index contributed by atoms with van der Waals surface area (Å²) in [7, 11) is 2.76. The van der Waals surface area contributed by atoms with E-state index in [9.17, 15) is 34.7 Å². The third kappa shape index (κ3) is 2.75. The summed E-state index contributed by atoms with van der Waals surface area (Å²) in [4.78, 5) is 51.0. The molecule has 0 aromatic heterocycles. The van der Waals surface area contributed by atoms with Crippen LogP contribution in [0.25, 0.3) is 0 Å². The van der Waals surface area contributed by atoms with Gasteiger partial charge in [0.25, 0.3) is 23.6 Å². The van der Waals surface area contributed by atoms with Gasteiger partial charge < -0.3 is 14.6 Å². The molecule has 4 aliphatic rings. The largest absolute Gasteiger partial charge is 0.508 e. The Morgan fingerprint density at radius 2 is 1.36 bits per heavy atom. The van der Waals surface area contributed by atoms with Gasteiger partial charge in [-0.1, -0.05) is 11.6 Å². The Morgan fingerprint density at radius 1 is 0.818 bits per heavy atom. The smallest absolute Gasteiger partial charge is 0.258 e. The average molecular weight is 458 g/mol. The van der Waals surface area contributed by atoms with Gasteiger partial charge in [-0.2, -0.15) is 10.1 Å². The first-order valence-electron chi connectivity index (χ1n) is 10.5. The predicted octanol–water partition coefficient (Wildman–Crippen LogP) is 0.824. The van der Waals surface area contributed by atoms with Crippen LogP contribution in [-0.4, -0.2) is 63.5 Å². The maximum atomic E-state index is 13.0. The summed E-state index contributed by atoms with van der Waals surface area (Å²) in [5.41, 5.74) is 1.02. The Balaban J connectivity index is 1.74. The summed E-state index contributed by atoms with van der Waals surface area (Å²) >= 11 is 0. The van der Waals surface area contributed by atoms with Crippen LogP contribution in [0.2, 0.25) is 0 Å². The van der Waals surface area contributed by atoms with E-state index >= 15 is 0 Å². The number of carbonyl (C=O) groups is 4. The molecule has 3 N–H and O–H groups in total. The number of methoxy groups -OCH3 is 2. The van der Waals surface area contributed by atoms with E-state index in [1.165, 1.54) is 26.4 Å². The number of phenols is 1. The molecule has 11 nitrogen and oxygen atoms in total. The molecule has 1 aromatic rings. The number of nitrogens with zero attached hydrogens (tertiary/aromatic N) is 2. The summed E-state index contributed by atoms with van der Waals surface area (Å²) in [6, 6.07) is 2.70. The van der Waals surface area contributed by atoms with E-state index in [4.69, 9.17) is 9.47 Å². The molecule has 33 heavy (non-hydrogen) atoms. The number of hydroxylamine groups is 4. The Hall–Kier alpha value is -3.44. The fraction of sp³-hybridized carbons (Fsp3) is 0.455. The summed E-state index contributed by atoms with van der Waals surface area (Å²) in [6.07, 6.45) is 1.99.